The number of aliphatic imine (C=N–C) groups is 2. The molecule has 0 aromatic heterocycles. The van der Waals surface area contributed by atoms with E-state index in [-0.39, 0.29) is 49.0 Å². The summed E-state index contributed by atoms with van der Waals surface area (Å²) in [4.78, 5) is 48.6. The minimum atomic E-state index is -3.13. The van der Waals surface area contributed by atoms with Crippen LogP contribution < -0.4 is 15.4 Å². The van der Waals surface area contributed by atoms with E-state index in [9.17, 15) is 55.2 Å². The molecule has 1 amide bonds. The van der Waals surface area contributed by atoms with Crippen LogP contribution in [0.1, 0.15) is 66.7 Å². The number of rotatable bonds is 14. The Morgan fingerprint density at radius 3 is 2.43 bits per heavy atom. The highest BCUT2D eigenvalue weighted by atomic mass is 16.8. The Balaban J connectivity index is 1.27. The normalized spacial score (nSPS) is 30.0. The van der Waals surface area contributed by atoms with Crippen LogP contribution in [0.15, 0.2) is 76.7 Å². The zero-order valence-corrected chi connectivity index (χ0v) is 32.4. The molecule has 9 atom stereocenters. The SMILES string of the molecule is N[C@H]1CCC[C@@]1(C[C@H]1c2cc(O)c(O[C@@]3(O)O[C@H](CO)[C@@H](O)[C@H](O)[C@H]3O)cc2N(C(=O)C=Cc2ccc(O)c(CC3=NCN=C3CCC=O)c2)[C@H]1C(=O)O)c1ccccc1. The summed E-state index contributed by atoms with van der Waals surface area (Å²) in [6, 6.07) is 14.5. The third kappa shape index (κ3) is 7.92. The molecule has 1 saturated heterocycles. The minimum Gasteiger partial charge on any atom is -0.508 e. The molecular formula is C43H48N4O13. The summed E-state index contributed by atoms with van der Waals surface area (Å²) < 4.78 is 10.8. The van der Waals surface area contributed by atoms with Crippen LogP contribution in [0.3, 0.4) is 0 Å². The van der Waals surface area contributed by atoms with E-state index in [4.69, 9.17) is 15.2 Å². The summed E-state index contributed by atoms with van der Waals surface area (Å²) in [5.74, 6) is -7.51. The Hall–Kier alpha value is -5.53. The number of hydrogen-bond acceptors (Lipinski definition) is 15. The number of hydrogen-bond donors (Lipinski definition) is 9. The van der Waals surface area contributed by atoms with Crippen molar-refractivity contribution in [1.29, 1.82) is 0 Å². The van der Waals surface area contributed by atoms with Crippen LogP contribution in [0.25, 0.3) is 6.08 Å². The summed E-state index contributed by atoms with van der Waals surface area (Å²) >= 11 is 0. The molecule has 17 heteroatoms. The second-order valence-corrected chi connectivity index (χ2v) is 15.7. The van der Waals surface area contributed by atoms with Crippen LogP contribution in [0.2, 0.25) is 0 Å². The van der Waals surface area contributed by atoms with Crippen LogP contribution >= 0.6 is 0 Å². The fraction of sp³-hybridized carbons (Fsp3) is 0.419. The van der Waals surface area contributed by atoms with Gasteiger partial charge in [-0.05, 0) is 66.6 Å². The summed E-state index contributed by atoms with van der Waals surface area (Å²) in [5, 5.41) is 85.4. The fourth-order valence-corrected chi connectivity index (χ4v) is 9.02. The monoisotopic (exact) mass is 828 g/mol. The van der Waals surface area contributed by atoms with Crippen LogP contribution in [0, 0.1) is 0 Å². The van der Waals surface area contributed by atoms with E-state index < -0.39 is 77.7 Å². The molecule has 10 N–H and O–H groups in total. The highest BCUT2D eigenvalue weighted by Crippen LogP contribution is 2.54. The average Bonchev–Trinajstić information content (AvgIpc) is 3.93. The highest BCUT2D eigenvalue weighted by Gasteiger charge is 2.56. The first-order valence-electron chi connectivity index (χ1n) is 19.7. The second kappa shape index (κ2) is 17.2. The van der Waals surface area contributed by atoms with E-state index in [1.54, 1.807) is 12.1 Å². The van der Waals surface area contributed by atoms with E-state index in [0.717, 1.165) is 35.3 Å². The Morgan fingerprint density at radius 2 is 1.75 bits per heavy atom. The number of amides is 1. The zero-order valence-electron chi connectivity index (χ0n) is 32.4. The number of carboxylic acids is 1. The number of carbonyl (C=O) groups excluding carboxylic acids is 2. The summed E-state index contributed by atoms with van der Waals surface area (Å²) in [6.45, 7) is -0.686. The number of phenolic OH excluding ortho intramolecular Hbond substituents is 2. The number of nitrogens with zero attached hydrogens (tertiary/aromatic N) is 3. The first-order valence-corrected chi connectivity index (χ1v) is 19.7. The fourth-order valence-electron chi connectivity index (χ4n) is 9.02. The van der Waals surface area contributed by atoms with Crippen molar-refractivity contribution in [3.63, 3.8) is 0 Å². The number of aliphatic carboxylic acids is 1. The van der Waals surface area contributed by atoms with Crippen molar-refractivity contribution in [2.24, 2.45) is 15.7 Å². The minimum absolute atomic E-state index is 0.0226. The van der Waals surface area contributed by atoms with Crippen molar-refractivity contribution >= 4 is 41.3 Å². The number of carbonyl (C=O) groups is 3. The summed E-state index contributed by atoms with van der Waals surface area (Å²) in [5.41, 5.74) is 9.48. The van der Waals surface area contributed by atoms with Gasteiger partial charge in [0, 0.05) is 47.9 Å². The van der Waals surface area contributed by atoms with E-state index in [0.29, 0.717) is 41.8 Å². The quantitative estimate of drug-likeness (QED) is 0.0631. The molecule has 7 rings (SSSR count). The van der Waals surface area contributed by atoms with Gasteiger partial charge in [0.05, 0.1) is 23.7 Å². The third-order valence-corrected chi connectivity index (χ3v) is 12.1. The number of benzene rings is 3. The van der Waals surface area contributed by atoms with Gasteiger partial charge < -0.3 is 60.9 Å². The molecule has 318 valence electrons. The molecule has 0 spiro atoms. The molecule has 3 aliphatic heterocycles. The van der Waals surface area contributed by atoms with Gasteiger partial charge in [-0.3, -0.25) is 19.7 Å². The summed E-state index contributed by atoms with van der Waals surface area (Å²) in [7, 11) is 0. The van der Waals surface area contributed by atoms with E-state index >= 15 is 0 Å². The Kier molecular flexibility index (Phi) is 12.2. The number of phenols is 2. The lowest BCUT2D eigenvalue weighted by molar-refractivity contribution is -0.422. The maximum Gasteiger partial charge on any atom is 0.355 e. The van der Waals surface area contributed by atoms with Gasteiger partial charge in [0.1, 0.15) is 43.1 Å². The van der Waals surface area contributed by atoms with Gasteiger partial charge in [0.25, 0.3) is 5.91 Å². The molecule has 1 aliphatic carbocycles. The van der Waals surface area contributed by atoms with Crippen LogP contribution in [-0.4, -0.2) is 126 Å². The molecular weight excluding hydrogens is 780 g/mol. The van der Waals surface area contributed by atoms with Gasteiger partial charge in [-0.2, -0.15) is 0 Å². The number of carboxylic acid groups (broad SMARTS) is 1. The second-order valence-electron chi connectivity index (χ2n) is 15.7. The lowest BCUT2D eigenvalue weighted by atomic mass is 9.68. The molecule has 2 fully saturated rings. The first kappa shape index (κ1) is 42.6. The van der Waals surface area contributed by atoms with Crippen molar-refractivity contribution in [1.82, 2.24) is 0 Å². The van der Waals surface area contributed by atoms with E-state index in [1.807, 2.05) is 30.3 Å². The number of aliphatic hydroxyl groups is 5. The number of fused-ring (bicyclic) bond motifs is 1. The van der Waals surface area contributed by atoms with Gasteiger partial charge in [-0.15, -0.1) is 0 Å². The van der Waals surface area contributed by atoms with Crippen molar-refractivity contribution in [2.75, 3.05) is 18.2 Å². The van der Waals surface area contributed by atoms with Gasteiger partial charge >= 0.3 is 11.9 Å². The molecule has 0 radical (unpaired) electrons. The van der Waals surface area contributed by atoms with Gasteiger partial charge in [-0.25, -0.2) is 4.79 Å². The molecule has 0 bridgehead atoms. The molecule has 17 nitrogen and oxygen atoms in total. The Labute approximate surface area is 344 Å². The average molecular weight is 829 g/mol. The lowest BCUT2D eigenvalue weighted by Gasteiger charge is -2.44. The van der Waals surface area contributed by atoms with E-state index in [2.05, 4.69) is 9.98 Å². The predicted octanol–water partition coefficient (Wildman–Crippen LogP) is 1.41. The third-order valence-electron chi connectivity index (χ3n) is 12.1. The van der Waals surface area contributed by atoms with Crippen molar-refractivity contribution in [2.45, 2.75) is 98.8 Å². The van der Waals surface area contributed by atoms with Crippen LogP contribution in [0.4, 0.5) is 5.69 Å². The number of aliphatic hydroxyl groups excluding tert-OH is 4. The standard InChI is InChI=1S/C43H48N4O13/c44-35-9-4-14-42(35,25-6-2-1-3-7-25)20-27-26-18-32(51)33(59-43(58)40(55)39(54)38(53)34(21-49)60-43)19-30(26)47(37(27)41(56)57)36(52)13-11-23-10-12-31(50)24(16-23)17-29-28(8-5-15-48)45-22-46-29/h1-3,6-7,10-13,15-16,18-19,27,34-35,37-40,49-51,53-55,58H,4-5,8-9,14,17,20-22,44H2,(H,56,57)/t27-,34+,35-,37+,38+,39-,40+,42+,43+/m0/s1. The molecule has 0 unspecified atom stereocenters. The molecule has 60 heavy (non-hydrogen) atoms. The number of aromatic hydroxyl groups is 2. The van der Waals surface area contributed by atoms with Crippen LogP contribution in [0.5, 0.6) is 17.2 Å². The molecule has 3 aromatic rings. The maximum atomic E-state index is 14.5. The van der Waals surface area contributed by atoms with Crippen LogP contribution in [-0.2, 0) is 31.0 Å². The Bertz CT molecular complexity index is 2210. The topological polar surface area (TPSA) is 285 Å². The van der Waals surface area contributed by atoms with Crippen molar-refractivity contribution < 1.29 is 64.7 Å². The van der Waals surface area contributed by atoms with Gasteiger partial charge in [0.15, 0.2) is 17.6 Å². The maximum absolute atomic E-state index is 14.5. The lowest BCUT2D eigenvalue weighted by Crippen LogP contribution is -2.67. The largest absolute Gasteiger partial charge is 0.508 e. The zero-order chi connectivity index (χ0) is 42.9. The Morgan fingerprint density at radius 1 is 1.00 bits per heavy atom. The summed E-state index contributed by atoms with van der Waals surface area (Å²) in [6.07, 6.45) is -1.32. The smallest absolute Gasteiger partial charge is 0.355 e. The number of aldehydes is 1. The predicted molar refractivity (Wildman–Crippen MR) is 216 cm³/mol. The van der Waals surface area contributed by atoms with Crippen molar-refractivity contribution in [3.8, 4) is 17.2 Å². The molecule has 3 heterocycles. The number of ether oxygens (including phenoxy) is 2. The molecule has 4 aliphatic rings. The highest BCUT2D eigenvalue weighted by molar-refractivity contribution is 6.43. The number of anilines is 1. The van der Waals surface area contributed by atoms with Gasteiger partial charge in [-0.1, -0.05) is 42.8 Å². The van der Waals surface area contributed by atoms with Gasteiger partial charge in [0.2, 0.25) is 0 Å². The first-order chi connectivity index (χ1) is 28.7. The number of nitrogens with two attached hydrogens (primary N) is 1. The molecule has 1 saturated carbocycles. The van der Waals surface area contributed by atoms with Crippen molar-refractivity contribution in [3.05, 3.63) is 89.0 Å². The van der Waals surface area contributed by atoms with E-state index in [1.165, 1.54) is 18.2 Å². The molecule has 3 aromatic carbocycles.